The minimum atomic E-state index is -0.104. The number of hydrogen-bond acceptors (Lipinski definition) is 3. The van der Waals surface area contributed by atoms with E-state index in [1.807, 2.05) is 18.7 Å². The van der Waals surface area contributed by atoms with Crippen molar-refractivity contribution in [3.8, 4) is 0 Å². The highest BCUT2D eigenvalue weighted by atomic mass is 35.5. The lowest BCUT2D eigenvalue weighted by molar-refractivity contribution is -0.133. The Bertz CT molecular complexity index is 284. The van der Waals surface area contributed by atoms with Crippen LogP contribution in [0, 0.1) is 0 Å². The van der Waals surface area contributed by atoms with Crippen LogP contribution in [0.1, 0.15) is 39.5 Å². The molecular formula is C12H24ClN3O2. The van der Waals surface area contributed by atoms with E-state index in [9.17, 15) is 9.59 Å². The molecule has 1 fully saturated rings. The summed E-state index contributed by atoms with van der Waals surface area (Å²) in [6, 6.07) is 0.00124. The zero-order valence-electron chi connectivity index (χ0n) is 11.1. The molecule has 0 aromatic rings. The molecule has 1 rings (SSSR count). The van der Waals surface area contributed by atoms with Crippen LogP contribution in [0.15, 0.2) is 0 Å². The quantitative estimate of drug-likeness (QED) is 0.793. The van der Waals surface area contributed by atoms with E-state index >= 15 is 0 Å². The number of carbonyl (C=O) groups is 2. The fourth-order valence-corrected chi connectivity index (χ4v) is 2.06. The number of nitrogens with zero attached hydrogens (tertiary/aromatic N) is 1. The van der Waals surface area contributed by atoms with Crippen LogP contribution in [-0.4, -0.2) is 41.9 Å². The monoisotopic (exact) mass is 277 g/mol. The van der Waals surface area contributed by atoms with Gasteiger partial charge in [-0.2, -0.15) is 0 Å². The predicted molar refractivity (Wildman–Crippen MR) is 73.6 cm³/mol. The number of nitrogens with two attached hydrogens (primary N) is 1. The third kappa shape index (κ3) is 5.69. The van der Waals surface area contributed by atoms with Gasteiger partial charge in [0, 0.05) is 38.0 Å². The average molecular weight is 278 g/mol. The van der Waals surface area contributed by atoms with Gasteiger partial charge < -0.3 is 16.0 Å². The zero-order valence-corrected chi connectivity index (χ0v) is 12.0. The van der Waals surface area contributed by atoms with E-state index in [1.54, 1.807) is 0 Å². The van der Waals surface area contributed by atoms with Crippen LogP contribution in [0.2, 0.25) is 0 Å². The summed E-state index contributed by atoms with van der Waals surface area (Å²) in [6.45, 7) is 5.07. The van der Waals surface area contributed by atoms with Crippen molar-refractivity contribution < 1.29 is 9.59 Å². The van der Waals surface area contributed by atoms with Gasteiger partial charge in [-0.25, -0.2) is 0 Å². The Labute approximate surface area is 115 Å². The SMILES string of the molecule is CCC(=O)NC1CCCN(C(=O)CC(C)N)C1.Cl. The molecule has 1 saturated heterocycles. The summed E-state index contributed by atoms with van der Waals surface area (Å²) in [7, 11) is 0. The van der Waals surface area contributed by atoms with Crippen LogP contribution in [0.25, 0.3) is 0 Å². The summed E-state index contributed by atoms with van der Waals surface area (Å²) in [6.07, 6.45) is 2.77. The highest BCUT2D eigenvalue weighted by molar-refractivity contribution is 5.85. The first-order valence-corrected chi connectivity index (χ1v) is 6.35. The van der Waals surface area contributed by atoms with Gasteiger partial charge >= 0.3 is 0 Å². The van der Waals surface area contributed by atoms with E-state index in [0.29, 0.717) is 19.4 Å². The molecule has 0 saturated carbocycles. The van der Waals surface area contributed by atoms with Crippen molar-refractivity contribution in [2.75, 3.05) is 13.1 Å². The third-order valence-electron chi connectivity index (χ3n) is 2.96. The molecule has 5 nitrogen and oxygen atoms in total. The van der Waals surface area contributed by atoms with Crippen molar-refractivity contribution in [1.82, 2.24) is 10.2 Å². The Morgan fingerprint density at radius 3 is 2.72 bits per heavy atom. The minimum absolute atomic E-state index is 0. The van der Waals surface area contributed by atoms with Crippen LogP contribution in [0.5, 0.6) is 0 Å². The van der Waals surface area contributed by atoms with Crippen LogP contribution < -0.4 is 11.1 Å². The first kappa shape index (κ1) is 17.2. The van der Waals surface area contributed by atoms with Gasteiger partial charge in [-0.3, -0.25) is 9.59 Å². The summed E-state index contributed by atoms with van der Waals surface area (Å²) in [5.74, 6) is 0.145. The smallest absolute Gasteiger partial charge is 0.224 e. The van der Waals surface area contributed by atoms with Crippen molar-refractivity contribution >= 4 is 24.2 Å². The maximum Gasteiger partial charge on any atom is 0.224 e. The normalized spacial score (nSPS) is 20.8. The van der Waals surface area contributed by atoms with Gasteiger partial charge in [0.2, 0.25) is 11.8 Å². The molecule has 106 valence electrons. The second-order valence-electron chi connectivity index (χ2n) is 4.78. The van der Waals surface area contributed by atoms with Gasteiger partial charge in [-0.1, -0.05) is 6.92 Å². The van der Waals surface area contributed by atoms with Crippen LogP contribution >= 0.6 is 12.4 Å². The number of piperidine rings is 1. The molecular weight excluding hydrogens is 254 g/mol. The van der Waals surface area contributed by atoms with Crippen molar-refractivity contribution in [3.63, 3.8) is 0 Å². The fourth-order valence-electron chi connectivity index (χ4n) is 2.06. The van der Waals surface area contributed by atoms with E-state index in [4.69, 9.17) is 5.73 Å². The van der Waals surface area contributed by atoms with Gasteiger partial charge in [0.1, 0.15) is 0 Å². The summed E-state index contributed by atoms with van der Waals surface area (Å²) < 4.78 is 0. The highest BCUT2D eigenvalue weighted by Crippen LogP contribution is 2.11. The van der Waals surface area contributed by atoms with E-state index in [0.717, 1.165) is 19.4 Å². The predicted octanol–water partition coefficient (Wildman–Crippen LogP) is 0.663. The number of hydrogen-bond donors (Lipinski definition) is 2. The molecule has 0 radical (unpaired) electrons. The fraction of sp³-hybridized carbons (Fsp3) is 0.833. The Morgan fingerprint density at radius 2 is 2.17 bits per heavy atom. The molecule has 0 spiro atoms. The summed E-state index contributed by atoms with van der Waals surface area (Å²) in [4.78, 5) is 25.0. The largest absolute Gasteiger partial charge is 0.352 e. The van der Waals surface area contributed by atoms with E-state index in [-0.39, 0.29) is 36.3 Å². The van der Waals surface area contributed by atoms with Gasteiger partial charge in [-0.05, 0) is 19.8 Å². The molecule has 0 aromatic heterocycles. The minimum Gasteiger partial charge on any atom is -0.352 e. The van der Waals surface area contributed by atoms with E-state index in [2.05, 4.69) is 5.32 Å². The molecule has 0 bridgehead atoms. The zero-order chi connectivity index (χ0) is 12.8. The number of amides is 2. The van der Waals surface area contributed by atoms with E-state index < -0.39 is 0 Å². The van der Waals surface area contributed by atoms with Crippen molar-refractivity contribution in [2.45, 2.75) is 51.6 Å². The molecule has 2 atom stereocenters. The van der Waals surface area contributed by atoms with Crippen molar-refractivity contribution in [3.05, 3.63) is 0 Å². The maximum atomic E-state index is 11.8. The second-order valence-corrected chi connectivity index (χ2v) is 4.78. The molecule has 1 aliphatic rings. The van der Waals surface area contributed by atoms with Gasteiger partial charge in [0.05, 0.1) is 0 Å². The average Bonchev–Trinajstić information content (AvgIpc) is 2.28. The lowest BCUT2D eigenvalue weighted by Crippen LogP contribution is -2.50. The van der Waals surface area contributed by atoms with Crippen molar-refractivity contribution in [2.24, 2.45) is 5.73 Å². The molecule has 2 unspecified atom stereocenters. The molecule has 2 amide bonds. The third-order valence-corrected chi connectivity index (χ3v) is 2.96. The highest BCUT2D eigenvalue weighted by Gasteiger charge is 2.24. The number of nitrogens with one attached hydrogen (secondary N) is 1. The first-order chi connectivity index (χ1) is 8.02. The Hall–Kier alpha value is -0.810. The lowest BCUT2D eigenvalue weighted by Gasteiger charge is -2.33. The van der Waals surface area contributed by atoms with Crippen LogP contribution in [-0.2, 0) is 9.59 Å². The maximum absolute atomic E-state index is 11.8. The molecule has 0 aromatic carbocycles. The van der Waals surface area contributed by atoms with Crippen LogP contribution in [0.3, 0.4) is 0 Å². The number of rotatable bonds is 4. The van der Waals surface area contributed by atoms with Gasteiger partial charge in [0.15, 0.2) is 0 Å². The molecule has 18 heavy (non-hydrogen) atoms. The Kier molecular flexibility index (Phi) is 7.95. The van der Waals surface area contributed by atoms with Gasteiger partial charge in [0.25, 0.3) is 0 Å². The molecule has 1 aliphatic heterocycles. The number of halogens is 1. The summed E-state index contributed by atoms with van der Waals surface area (Å²) >= 11 is 0. The number of carbonyl (C=O) groups excluding carboxylic acids is 2. The first-order valence-electron chi connectivity index (χ1n) is 6.35. The second kappa shape index (κ2) is 8.32. The molecule has 0 aliphatic carbocycles. The standard InChI is InChI=1S/C12H23N3O2.ClH/c1-3-11(16)14-10-5-4-6-15(8-10)12(17)7-9(2)13;/h9-10H,3-8,13H2,1-2H3,(H,14,16);1H. The van der Waals surface area contributed by atoms with Crippen molar-refractivity contribution in [1.29, 1.82) is 0 Å². The number of likely N-dealkylation sites (tertiary alicyclic amines) is 1. The molecule has 3 N–H and O–H groups in total. The lowest BCUT2D eigenvalue weighted by atomic mass is 10.0. The Balaban J connectivity index is 0.00000289. The summed E-state index contributed by atoms with van der Waals surface area (Å²) in [5, 5.41) is 2.94. The van der Waals surface area contributed by atoms with Crippen LogP contribution in [0.4, 0.5) is 0 Å². The van der Waals surface area contributed by atoms with E-state index in [1.165, 1.54) is 0 Å². The molecule has 6 heteroatoms. The summed E-state index contributed by atoms with van der Waals surface area (Å²) in [5.41, 5.74) is 5.62. The topological polar surface area (TPSA) is 75.4 Å². The molecule has 1 heterocycles. The van der Waals surface area contributed by atoms with Gasteiger partial charge in [-0.15, -0.1) is 12.4 Å². The Morgan fingerprint density at radius 1 is 1.50 bits per heavy atom.